The zero-order valence-electron chi connectivity index (χ0n) is 13.4. The molecule has 0 spiro atoms. The molecule has 5 heteroatoms. The molecule has 0 saturated heterocycles. The Kier molecular flexibility index (Phi) is 5.72. The summed E-state index contributed by atoms with van der Waals surface area (Å²) in [5.41, 5.74) is 1.84. The third kappa shape index (κ3) is 4.18. The van der Waals surface area contributed by atoms with Crippen molar-refractivity contribution in [1.29, 1.82) is 0 Å². The number of hydrogen-bond donors (Lipinski definition) is 1. The highest BCUT2D eigenvalue weighted by atomic mass is 16.4. The predicted molar refractivity (Wildman–Crippen MR) is 86.3 cm³/mol. The smallest absolute Gasteiger partial charge is 0.234 e. The maximum absolute atomic E-state index is 11.7. The van der Waals surface area contributed by atoms with Gasteiger partial charge >= 0.3 is 0 Å². The van der Waals surface area contributed by atoms with Crippen LogP contribution >= 0.6 is 0 Å². The summed E-state index contributed by atoms with van der Waals surface area (Å²) in [7, 11) is 0. The zero-order valence-corrected chi connectivity index (χ0v) is 13.4. The quantitative estimate of drug-likeness (QED) is 0.854. The fourth-order valence-corrected chi connectivity index (χ4v) is 2.23. The highest BCUT2D eigenvalue weighted by molar-refractivity contribution is 5.77. The molecule has 2 aromatic rings. The molecule has 0 unspecified atom stereocenters. The molecule has 118 valence electrons. The van der Waals surface area contributed by atoms with Gasteiger partial charge in [-0.2, -0.15) is 0 Å². The SMILES string of the molecule is CCNC(=O)CN(CC)Cc1nc(-c2ccccc2)oc1C. The van der Waals surface area contributed by atoms with Crippen LogP contribution in [0.2, 0.25) is 0 Å². The molecule has 0 bridgehead atoms. The summed E-state index contributed by atoms with van der Waals surface area (Å²) in [6, 6.07) is 9.83. The van der Waals surface area contributed by atoms with Crippen LogP contribution in [-0.2, 0) is 11.3 Å². The number of hydrogen-bond acceptors (Lipinski definition) is 4. The van der Waals surface area contributed by atoms with Crippen molar-refractivity contribution in [3.05, 3.63) is 41.8 Å². The topological polar surface area (TPSA) is 58.4 Å². The van der Waals surface area contributed by atoms with Crippen LogP contribution in [0, 0.1) is 6.92 Å². The third-order valence-corrected chi connectivity index (χ3v) is 3.48. The average Bonchev–Trinajstić information content (AvgIpc) is 2.89. The number of nitrogens with zero attached hydrogens (tertiary/aromatic N) is 2. The van der Waals surface area contributed by atoms with Crippen LogP contribution in [0.1, 0.15) is 25.3 Å². The molecular formula is C17H23N3O2. The second-order valence-corrected chi connectivity index (χ2v) is 5.14. The van der Waals surface area contributed by atoms with Gasteiger partial charge in [-0.15, -0.1) is 0 Å². The molecule has 0 aliphatic heterocycles. The standard InChI is InChI=1S/C17H23N3O2/c1-4-18-16(21)12-20(5-2)11-15-13(3)22-17(19-15)14-9-7-6-8-10-14/h6-10H,4-5,11-12H2,1-3H3,(H,18,21). The summed E-state index contributed by atoms with van der Waals surface area (Å²) in [6.45, 7) is 8.28. The lowest BCUT2D eigenvalue weighted by molar-refractivity contribution is -0.122. The van der Waals surface area contributed by atoms with E-state index in [2.05, 4.69) is 10.3 Å². The predicted octanol–water partition coefficient (Wildman–Crippen LogP) is 2.61. The molecule has 2 rings (SSSR count). The lowest BCUT2D eigenvalue weighted by Crippen LogP contribution is -2.36. The lowest BCUT2D eigenvalue weighted by Gasteiger charge is -2.18. The largest absolute Gasteiger partial charge is 0.441 e. The highest BCUT2D eigenvalue weighted by Gasteiger charge is 2.15. The van der Waals surface area contributed by atoms with Crippen LogP contribution in [0.5, 0.6) is 0 Å². The van der Waals surface area contributed by atoms with E-state index in [-0.39, 0.29) is 5.91 Å². The number of carbonyl (C=O) groups excluding carboxylic acids is 1. The van der Waals surface area contributed by atoms with E-state index in [9.17, 15) is 4.79 Å². The van der Waals surface area contributed by atoms with E-state index < -0.39 is 0 Å². The van der Waals surface area contributed by atoms with Crippen molar-refractivity contribution >= 4 is 5.91 Å². The number of amides is 1. The maximum Gasteiger partial charge on any atom is 0.234 e. The van der Waals surface area contributed by atoms with Gasteiger partial charge in [0.05, 0.1) is 12.2 Å². The number of nitrogens with one attached hydrogen (secondary N) is 1. The van der Waals surface area contributed by atoms with Crippen molar-refractivity contribution in [2.75, 3.05) is 19.6 Å². The maximum atomic E-state index is 11.7. The minimum absolute atomic E-state index is 0.0359. The van der Waals surface area contributed by atoms with E-state index in [0.717, 1.165) is 23.6 Å². The van der Waals surface area contributed by atoms with Crippen molar-refractivity contribution in [3.8, 4) is 11.5 Å². The summed E-state index contributed by atoms with van der Waals surface area (Å²) < 4.78 is 5.76. The fourth-order valence-electron chi connectivity index (χ4n) is 2.23. The molecule has 5 nitrogen and oxygen atoms in total. The molecule has 1 aromatic heterocycles. The molecule has 1 aromatic carbocycles. The number of aryl methyl sites for hydroxylation is 1. The molecule has 22 heavy (non-hydrogen) atoms. The minimum atomic E-state index is 0.0359. The minimum Gasteiger partial charge on any atom is -0.441 e. The monoisotopic (exact) mass is 301 g/mol. The van der Waals surface area contributed by atoms with Crippen molar-refractivity contribution < 1.29 is 9.21 Å². The summed E-state index contributed by atoms with van der Waals surface area (Å²) >= 11 is 0. The van der Waals surface area contributed by atoms with Gasteiger partial charge in [0.15, 0.2) is 0 Å². The van der Waals surface area contributed by atoms with E-state index in [1.165, 1.54) is 0 Å². The molecule has 0 saturated carbocycles. The van der Waals surface area contributed by atoms with Crippen LogP contribution in [0.25, 0.3) is 11.5 Å². The van der Waals surface area contributed by atoms with Gasteiger partial charge in [-0.3, -0.25) is 9.69 Å². The summed E-state index contributed by atoms with van der Waals surface area (Å²) in [5.74, 6) is 1.46. The first-order chi connectivity index (χ1) is 10.6. The number of benzene rings is 1. The average molecular weight is 301 g/mol. The van der Waals surface area contributed by atoms with Gasteiger partial charge in [-0.25, -0.2) is 4.98 Å². The number of oxazole rings is 1. The van der Waals surface area contributed by atoms with Crippen molar-refractivity contribution in [1.82, 2.24) is 15.2 Å². The first-order valence-corrected chi connectivity index (χ1v) is 7.64. The summed E-state index contributed by atoms with van der Waals surface area (Å²) in [6.07, 6.45) is 0. The van der Waals surface area contributed by atoms with Gasteiger partial charge in [0, 0.05) is 18.7 Å². The van der Waals surface area contributed by atoms with E-state index >= 15 is 0 Å². The Hall–Kier alpha value is -2.14. The Labute approximate surface area is 131 Å². The van der Waals surface area contributed by atoms with Crippen LogP contribution < -0.4 is 5.32 Å². The van der Waals surface area contributed by atoms with Gasteiger partial charge in [-0.05, 0) is 32.5 Å². The van der Waals surface area contributed by atoms with Crippen LogP contribution in [0.3, 0.4) is 0 Å². The summed E-state index contributed by atoms with van der Waals surface area (Å²) in [5, 5.41) is 2.82. The first kappa shape index (κ1) is 16.2. The Balaban J connectivity index is 2.09. The van der Waals surface area contributed by atoms with Gasteiger partial charge in [-0.1, -0.05) is 25.1 Å². The molecule has 0 aliphatic carbocycles. The molecule has 0 radical (unpaired) electrons. The normalized spacial score (nSPS) is 10.9. The Morgan fingerprint density at radius 2 is 2.00 bits per heavy atom. The van der Waals surface area contributed by atoms with Crippen molar-refractivity contribution in [2.24, 2.45) is 0 Å². The Morgan fingerprint density at radius 1 is 1.27 bits per heavy atom. The number of rotatable bonds is 7. The van der Waals surface area contributed by atoms with E-state index in [0.29, 0.717) is 25.5 Å². The molecule has 1 amide bonds. The van der Waals surface area contributed by atoms with Gasteiger partial charge in [0.25, 0.3) is 0 Å². The van der Waals surface area contributed by atoms with E-state index in [4.69, 9.17) is 4.42 Å². The summed E-state index contributed by atoms with van der Waals surface area (Å²) in [4.78, 5) is 18.3. The highest BCUT2D eigenvalue weighted by Crippen LogP contribution is 2.22. The first-order valence-electron chi connectivity index (χ1n) is 7.64. The van der Waals surface area contributed by atoms with Crippen molar-refractivity contribution in [2.45, 2.75) is 27.3 Å². The number of aromatic nitrogens is 1. The zero-order chi connectivity index (χ0) is 15.9. The molecule has 1 heterocycles. The molecular weight excluding hydrogens is 278 g/mol. The van der Waals surface area contributed by atoms with Crippen LogP contribution in [0.4, 0.5) is 0 Å². The number of carbonyl (C=O) groups is 1. The van der Waals surface area contributed by atoms with Crippen LogP contribution in [-0.4, -0.2) is 35.4 Å². The van der Waals surface area contributed by atoms with E-state index in [1.54, 1.807) is 0 Å². The number of likely N-dealkylation sites (N-methyl/N-ethyl adjacent to an activating group) is 2. The molecule has 1 N–H and O–H groups in total. The molecule has 0 aliphatic rings. The third-order valence-electron chi connectivity index (χ3n) is 3.48. The second kappa shape index (κ2) is 7.75. The van der Waals surface area contributed by atoms with Crippen LogP contribution in [0.15, 0.2) is 34.7 Å². The Bertz CT molecular complexity index is 608. The van der Waals surface area contributed by atoms with E-state index in [1.807, 2.05) is 56.0 Å². The molecule has 0 fully saturated rings. The Morgan fingerprint density at radius 3 is 2.64 bits per heavy atom. The molecule has 0 atom stereocenters. The second-order valence-electron chi connectivity index (χ2n) is 5.14. The van der Waals surface area contributed by atoms with Crippen molar-refractivity contribution in [3.63, 3.8) is 0 Å². The van der Waals surface area contributed by atoms with Gasteiger partial charge in [0.2, 0.25) is 11.8 Å². The lowest BCUT2D eigenvalue weighted by atomic mass is 10.2. The van der Waals surface area contributed by atoms with Gasteiger partial charge < -0.3 is 9.73 Å². The fraction of sp³-hybridized carbons (Fsp3) is 0.412. The van der Waals surface area contributed by atoms with Gasteiger partial charge in [0.1, 0.15) is 5.76 Å².